The highest BCUT2D eigenvalue weighted by Crippen LogP contribution is 2.44. The summed E-state index contributed by atoms with van der Waals surface area (Å²) < 4.78 is 11.8. The van der Waals surface area contributed by atoms with E-state index in [1.54, 1.807) is 7.11 Å². The monoisotopic (exact) mass is 478 g/mol. The summed E-state index contributed by atoms with van der Waals surface area (Å²) in [6.07, 6.45) is 1.21. The van der Waals surface area contributed by atoms with Gasteiger partial charge in [-0.1, -0.05) is 30.7 Å². The summed E-state index contributed by atoms with van der Waals surface area (Å²) in [5.41, 5.74) is 4.87. The first-order valence-corrected chi connectivity index (χ1v) is 11.9. The minimum absolute atomic E-state index is 0.0303. The Morgan fingerprint density at radius 2 is 1.74 bits per heavy atom. The van der Waals surface area contributed by atoms with Crippen LogP contribution in [0.3, 0.4) is 0 Å². The van der Waals surface area contributed by atoms with Crippen LogP contribution < -0.4 is 19.3 Å². The summed E-state index contributed by atoms with van der Waals surface area (Å²) in [5, 5.41) is 0.656. The van der Waals surface area contributed by atoms with E-state index in [1.165, 1.54) is 0 Å². The SMILES string of the molecule is CCC(C)Oc1cc2c(cc1OC)CC(=O)N(c1ccc(N(C)C)cc1)[C@@H]2c1ccc(Cl)cc1. The van der Waals surface area contributed by atoms with Crippen molar-refractivity contribution in [1.29, 1.82) is 0 Å². The Morgan fingerprint density at radius 1 is 1.06 bits per heavy atom. The maximum absolute atomic E-state index is 13.6. The molecule has 34 heavy (non-hydrogen) atoms. The highest BCUT2D eigenvalue weighted by Gasteiger charge is 2.36. The number of halogens is 1. The van der Waals surface area contributed by atoms with E-state index in [2.05, 4.69) is 6.92 Å². The minimum atomic E-state index is -0.316. The molecule has 1 aliphatic rings. The molecule has 0 bridgehead atoms. The van der Waals surface area contributed by atoms with Crippen LogP contribution in [-0.4, -0.2) is 33.2 Å². The molecule has 3 aromatic rings. The Morgan fingerprint density at radius 3 is 2.32 bits per heavy atom. The smallest absolute Gasteiger partial charge is 0.232 e. The highest BCUT2D eigenvalue weighted by molar-refractivity contribution is 6.30. The Balaban J connectivity index is 1.88. The van der Waals surface area contributed by atoms with Crippen LogP contribution in [0.25, 0.3) is 0 Å². The fourth-order valence-corrected chi connectivity index (χ4v) is 4.41. The van der Waals surface area contributed by atoms with Crippen LogP contribution in [-0.2, 0) is 11.2 Å². The molecule has 4 rings (SSSR count). The van der Waals surface area contributed by atoms with Gasteiger partial charge >= 0.3 is 0 Å². The number of hydrogen-bond acceptors (Lipinski definition) is 4. The summed E-state index contributed by atoms with van der Waals surface area (Å²) in [7, 11) is 5.63. The van der Waals surface area contributed by atoms with Gasteiger partial charge in [-0.25, -0.2) is 0 Å². The van der Waals surface area contributed by atoms with Gasteiger partial charge in [-0.05, 0) is 78.6 Å². The maximum atomic E-state index is 13.6. The van der Waals surface area contributed by atoms with Gasteiger partial charge in [0.2, 0.25) is 5.91 Å². The van der Waals surface area contributed by atoms with Crippen molar-refractivity contribution >= 4 is 28.9 Å². The van der Waals surface area contributed by atoms with E-state index in [0.717, 1.165) is 34.5 Å². The summed E-state index contributed by atoms with van der Waals surface area (Å²) in [6, 6.07) is 19.4. The molecule has 5 nitrogen and oxygen atoms in total. The molecular weight excluding hydrogens is 448 g/mol. The van der Waals surface area contributed by atoms with Crippen molar-refractivity contribution in [2.45, 2.75) is 38.8 Å². The minimum Gasteiger partial charge on any atom is -0.493 e. The van der Waals surface area contributed by atoms with Gasteiger partial charge in [0.25, 0.3) is 0 Å². The first-order valence-electron chi connectivity index (χ1n) is 11.5. The van der Waals surface area contributed by atoms with Gasteiger partial charge in [0.15, 0.2) is 11.5 Å². The Bertz CT molecular complexity index is 1160. The van der Waals surface area contributed by atoms with E-state index < -0.39 is 0 Å². The van der Waals surface area contributed by atoms with Crippen LogP contribution in [0.2, 0.25) is 5.02 Å². The number of ether oxygens (including phenoxy) is 2. The Labute approximate surface area is 206 Å². The van der Waals surface area contributed by atoms with E-state index in [4.69, 9.17) is 21.1 Å². The number of anilines is 2. The second-order valence-electron chi connectivity index (χ2n) is 8.84. The largest absolute Gasteiger partial charge is 0.493 e. The maximum Gasteiger partial charge on any atom is 0.232 e. The number of carbonyl (C=O) groups excluding carboxylic acids is 1. The average Bonchev–Trinajstić information content (AvgIpc) is 2.83. The number of carbonyl (C=O) groups is 1. The topological polar surface area (TPSA) is 42.0 Å². The van der Waals surface area contributed by atoms with Gasteiger partial charge in [-0.15, -0.1) is 0 Å². The van der Waals surface area contributed by atoms with Gasteiger partial charge in [0, 0.05) is 30.5 Å². The molecule has 6 heteroatoms. The molecule has 1 heterocycles. The van der Waals surface area contributed by atoms with E-state index in [1.807, 2.05) is 91.5 Å². The molecule has 0 saturated heterocycles. The van der Waals surface area contributed by atoms with Crippen molar-refractivity contribution in [1.82, 2.24) is 0 Å². The van der Waals surface area contributed by atoms with Crippen molar-refractivity contribution in [3.05, 3.63) is 82.4 Å². The average molecular weight is 479 g/mol. The number of methoxy groups -OCH3 is 1. The number of nitrogens with zero attached hydrogens (tertiary/aromatic N) is 2. The summed E-state index contributed by atoms with van der Waals surface area (Å²) in [4.78, 5) is 17.5. The summed E-state index contributed by atoms with van der Waals surface area (Å²) in [5.74, 6) is 1.36. The molecule has 0 aromatic heterocycles. The van der Waals surface area contributed by atoms with Gasteiger partial charge < -0.3 is 19.3 Å². The summed E-state index contributed by atoms with van der Waals surface area (Å²) in [6.45, 7) is 4.13. The lowest BCUT2D eigenvalue weighted by atomic mass is 9.86. The Kier molecular flexibility index (Phi) is 7.03. The van der Waals surface area contributed by atoms with Crippen LogP contribution in [0.15, 0.2) is 60.7 Å². The molecule has 178 valence electrons. The van der Waals surface area contributed by atoms with Gasteiger partial charge in [-0.3, -0.25) is 4.79 Å². The molecule has 0 saturated carbocycles. The normalized spacial score (nSPS) is 16.1. The zero-order valence-corrected chi connectivity index (χ0v) is 21.1. The Hall–Kier alpha value is -3.18. The van der Waals surface area contributed by atoms with Crippen molar-refractivity contribution in [3.63, 3.8) is 0 Å². The molecule has 0 fully saturated rings. The molecule has 0 N–H and O–H groups in total. The number of rotatable bonds is 7. The fourth-order valence-electron chi connectivity index (χ4n) is 4.29. The quantitative estimate of drug-likeness (QED) is 0.401. The second-order valence-corrected chi connectivity index (χ2v) is 9.28. The van der Waals surface area contributed by atoms with Crippen LogP contribution in [0.1, 0.15) is 43.0 Å². The highest BCUT2D eigenvalue weighted by atomic mass is 35.5. The third kappa shape index (κ3) is 4.71. The fraction of sp³-hybridized carbons (Fsp3) is 0.321. The predicted molar refractivity (Wildman–Crippen MR) is 139 cm³/mol. The zero-order chi connectivity index (χ0) is 24.4. The van der Waals surface area contributed by atoms with Crippen LogP contribution in [0.5, 0.6) is 11.5 Å². The van der Waals surface area contributed by atoms with E-state index >= 15 is 0 Å². The first kappa shape index (κ1) is 24.0. The molecule has 1 amide bonds. The standard InChI is InChI=1S/C28H31ClN2O3/c1-6-18(2)34-26-17-24-20(15-25(26)33-5)16-27(32)31(23-13-11-22(12-14-23)30(3)4)28(24)19-7-9-21(29)10-8-19/h7-15,17-18,28H,6,16H2,1-5H3/t18?,28-/m1/s1. The van der Waals surface area contributed by atoms with E-state index in [-0.39, 0.29) is 24.5 Å². The number of hydrogen-bond donors (Lipinski definition) is 0. The van der Waals surface area contributed by atoms with Gasteiger partial charge in [0.05, 0.1) is 25.7 Å². The molecule has 2 atom stereocenters. The van der Waals surface area contributed by atoms with Gasteiger partial charge in [0.1, 0.15) is 0 Å². The predicted octanol–water partition coefficient (Wildman–Crippen LogP) is 6.27. The molecule has 0 spiro atoms. The van der Waals surface area contributed by atoms with Crippen LogP contribution in [0, 0.1) is 0 Å². The molecule has 1 unspecified atom stereocenters. The molecule has 0 aliphatic carbocycles. The molecular formula is C28H31ClN2O3. The lowest BCUT2D eigenvalue weighted by Gasteiger charge is -2.38. The molecule has 0 radical (unpaired) electrons. The van der Waals surface area contributed by atoms with Crippen molar-refractivity contribution < 1.29 is 14.3 Å². The number of amides is 1. The van der Waals surface area contributed by atoms with E-state index in [9.17, 15) is 4.79 Å². The van der Waals surface area contributed by atoms with Crippen LogP contribution in [0.4, 0.5) is 11.4 Å². The lowest BCUT2D eigenvalue weighted by molar-refractivity contribution is -0.118. The molecule has 3 aromatic carbocycles. The van der Waals surface area contributed by atoms with Crippen molar-refractivity contribution in [3.8, 4) is 11.5 Å². The number of fused-ring (bicyclic) bond motifs is 1. The summed E-state index contributed by atoms with van der Waals surface area (Å²) >= 11 is 6.20. The van der Waals surface area contributed by atoms with E-state index in [0.29, 0.717) is 16.5 Å². The number of benzene rings is 3. The van der Waals surface area contributed by atoms with Crippen molar-refractivity contribution in [2.24, 2.45) is 0 Å². The first-order chi connectivity index (χ1) is 16.3. The third-order valence-electron chi connectivity index (χ3n) is 6.32. The third-order valence-corrected chi connectivity index (χ3v) is 6.57. The lowest BCUT2D eigenvalue weighted by Crippen LogP contribution is -2.41. The zero-order valence-electron chi connectivity index (χ0n) is 20.3. The second kappa shape index (κ2) is 9.98. The van der Waals surface area contributed by atoms with Crippen molar-refractivity contribution in [2.75, 3.05) is 31.0 Å². The molecule has 1 aliphatic heterocycles. The van der Waals surface area contributed by atoms with Gasteiger partial charge in [-0.2, -0.15) is 0 Å². The van der Waals surface area contributed by atoms with Crippen LogP contribution >= 0.6 is 11.6 Å².